The molecule has 2 aliphatic carbocycles. The van der Waals surface area contributed by atoms with Gasteiger partial charge in [-0.25, -0.2) is 0 Å². The van der Waals surface area contributed by atoms with Gasteiger partial charge in [0, 0.05) is 13.2 Å². The van der Waals surface area contributed by atoms with Gasteiger partial charge >= 0.3 is 0 Å². The van der Waals surface area contributed by atoms with Crippen molar-refractivity contribution >= 4 is 5.91 Å². The lowest BCUT2D eigenvalue weighted by Gasteiger charge is -2.39. The minimum atomic E-state index is -0.270. The van der Waals surface area contributed by atoms with E-state index >= 15 is 0 Å². The van der Waals surface area contributed by atoms with E-state index in [4.69, 9.17) is 0 Å². The fourth-order valence-electron chi connectivity index (χ4n) is 4.93. The van der Waals surface area contributed by atoms with Gasteiger partial charge in [-0.3, -0.25) is 9.48 Å². The van der Waals surface area contributed by atoms with Crippen LogP contribution in [0.2, 0.25) is 0 Å². The Labute approximate surface area is 136 Å². The molecule has 4 heteroatoms. The molecule has 2 aliphatic rings. The molecule has 0 aliphatic heterocycles. The first-order valence-electron chi connectivity index (χ1n) is 8.29. The molecule has 1 amide bonds. The van der Waals surface area contributed by atoms with Crippen LogP contribution in [0.25, 0.3) is 0 Å². The second-order valence-electron chi connectivity index (χ2n) is 7.56. The summed E-state index contributed by atoms with van der Waals surface area (Å²) in [6.45, 7) is 6.47. The quantitative estimate of drug-likeness (QED) is 0.925. The number of hydrogen-bond acceptors (Lipinski definition) is 2. The Kier molecular flexibility index (Phi) is 2.81. The SMILES string of the molecule is Cc1nn(C)cc1C(=O)NC12CCC(c3ccccc31)C2(C)C. The zero-order valence-electron chi connectivity index (χ0n) is 14.2. The summed E-state index contributed by atoms with van der Waals surface area (Å²) in [5.74, 6) is 0.509. The van der Waals surface area contributed by atoms with Crippen molar-refractivity contribution in [3.63, 3.8) is 0 Å². The number of aromatic nitrogens is 2. The van der Waals surface area contributed by atoms with E-state index < -0.39 is 0 Å². The van der Waals surface area contributed by atoms with Crippen LogP contribution in [0, 0.1) is 12.3 Å². The van der Waals surface area contributed by atoms with Crippen molar-refractivity contribution in [3.8, 4) is 0 Å². The van der Waals surface area contributed by atoms with E-state index in [0.29, 0.717) is 11.5 Å². The molecule has 2 atom stereocenters. The number of benzene rings is 1. The molecule has 1 N–H and O–H groups in total. The summed E-state index contributed by atoms with van der Waals surface area (Å²) in [5, 5.41) is 7.71. The highest BCUT2D eigenvalue weighted by molar-refractivity contribution is 5.96. The third-order valence-electron chi connectivity index (χ3n) is 6.16. The Morgan fingerprint density at radius 3 is 2.78 bits per heavy atom. The lowest BCUT2D eigenvalue weighted by Crippen LogP contribution is -2.51. The highest BCUT2D eigenvalue weighted by Crippen LogP contribution is 2.66. The molecular formula is C19H23N3O. The molecule has 2 bridgehead atoms. The molecule has 2 aromatic rings. The van der Waals surface area contributed by atoms with Gasteiger partial charge in [-0.2, -0.15) is 5.10 Å². The summed E-state index contributed by atoms with van der Waals surface area (Å²) < 4.78 is 1.70. The van der Waals surface area contributed by atoms with Crippen molar-refractivity contribution in [3.05, 3.63) is 52.8 Å². The minimum absolute atomic E-state index is 0.0129. The molecule has 0 spiro atoms. The van der Waals surface area contributed by atoms with Gasteiger partial charge < -0.3 is 5.32 Å². The van der Waals surface area contributed by atoms with E-state index in [-0.39, 0.29) is 16.9 Å². The number of carbonyl (C=O) groups excluding carboxylic acids is 1. The van der Waals surface area contributed by atoms with Crippen molar-refractivity contribution in [1.82, 2.24) is 15.1 Å². The van der Waals surface area contributed by atoms with Gasteiger partial charge in [-0.1, -0.05) is 38.1 Å². The third-order valence-corrected chi connectivity index (χ3v) is 6.16. The molecule has 120 valence electrons. The standard InChI is InChI=1S/C19H23N3O/c1-12-14(11-22(4)21-12)17(23)20-19-10-9-15(18(19,2)3)13-7-5-6-8-16(13)19/h5-8,11,15H,9-10H2,1-4H3,(H,20,23). The predicted octanol–water partition coefficient (Wildman–Crippen LogP) is 3.27. The first kappa shape index (κ1) is 14.5. The predicted molar refractivity (Wildman–Crippen MR) is 89.3 cm³/mol. The number of hydrogen-bond donors (Lipinski definition) is 1. The van der Waals surface area contributed by atoms with Gasteiger partial charge in [-0.15, -0.1) is 0 Å². The van der Waals surface area contributed by atoms with Crippen LogP contribution in [-0.2, 0) is 12.6 Å². The van der Waals surface area contributed by atoms with Crippen molar-refractivity contribution in [2.45, 2.75) is 45.1 Å². The number of nitrogens with zero attached hydrogens (tertiary/aromatic N) is 2. The van der Waals surface area contributed by atoms with Crippen molar-refractivity contribution in [2.24, 2.45) is 12.5 Å². The molecule has 1 fully saturated rings. The summed E-state index contributed by atoms with van der Waals surface area (Å²) in [4.78, 5) is 13.0. The smallest absolute Gasteiger partial charge is 0.255 e. The fraction of sp³-hybridized carbons (Fsp3) is 0.474. The summed E-state index contributed by atoms with van der Waals surface area (Å²) >= 11 is 0. The lowest BCUT2D eigenvalue weighted by atomic mass is 9.74. The van der Waals surface area contributed by atoms with Gasteiger partial charge in [-0.05, 0) is 42.2 Å². The number of amides is 1. The maximum Gasteiger partial charge on any atom is 0.255 e. The molecule has 1 aromatic carbocycles. The van der Waals surface area contributed by atoms with Gasteiger partial charge in [0.1, 0.15) is 0 Å². The van der Waals surface area contributed by atoms with Crippen LogP contribution < -0.4 is 5.32 Å². The second-order valence-corrected chi connectivity index (χ2v) is 7.56. The molecular weight excluding hydrogens is 286 g/mol. The molecule has 1 heterocycles. The Bertz CT molecular complexity index is 805. The summed E-state index contributed by atoms with van der Waals surface area (Å²) in [6, 6.07) is 8.60. The van der Waals surface area contributed by atoms with Crippen molar-refractivity contribution in [1.29, 1.82) is 0 Å². The van der Waals surface area contributed by atoms with Crippen molar-refractivity contribution in [2.75, 3.05) is 0 Å². The van der Waals surface area contributed by atoms with Crippen LogP contribution in [0.1, 0.15) is 59.8 Å². The number of aryl methyl sites for hydroxylation is 2. The second kappa shape index (κ2) is 4.47. The van der Waals surface area contributed by atoms with Crippen LogP contribution in [0.15, 0.2) is 30.5 Å². The first-order chi connectivity index (χ1) is 10.9. The normalized spacial score (nSPS) is 27.0. The molecule has 2 unspecified atom stereocenters. The van der Waals surface area contributed by atoms with Crippen LogP contribution >= 0.6 is 0 Å². The molecule has 4 nitrogen and oxygen atoms in total. The molecule has 1 saturated carbocycles. The molecule has 0 saturated heterocycles. The number of rotatable bonds is 2. The average Bonchev–Trinajstić information content (AvgIpc) is 3.03. The fourth-order valence-corrected chi connectivity index (χ4v) is 4.93. The Morgan fingerprint density at radius 1 is 1.35 bits per heavy atom. The Morgan fingerprint density at radius 2 is 2.09 bits per heavy atom. The van der Waals surface area contributed by atoms with E-state index in [1.54, 1.807) is 4.68 Å². The molecule has 4 rings (SSSR count). The number of carbonyl (C=O) groups is 1. The third kappa shape index (κ3) is 1.72. The van der Waals surface area contributed by atoms with E-state index in [1.165, 1.54) is 11.1 Å². The first-order valence-corrected chi connectivity index (χ1v) is 8.29. The lowest BCUT2D eigenvalue weighted by molar-refractivity contribution is 0.0808. The van der Waals surface area contributed by atoms with E-state index in [0.717, 1.165) is 18.5 Å². The molecule has 0 radical (unpaired) electrons. The van der Waals surface area contributed by atoms with Crippen LogP contribution in [0.5, 0.6) is 0 Å². The van der Waals surface area contributed by atoms with Crippen molar-refractivity contribution < 1.29 is 4.79 Å². The summed E-state index contributed by atoms with van der Waals surface area (Å²) in [7, 11) is 1.85. The maximum atomic E-state index is 13.0. The van der Waals surface area contributed by atoms with Crippen LogP contribution in [0.3, 0.4) is 0 Å². The Hall–Kier alpha value is -2.10. The maximum absolute atomic E-state index is 13.0. The minimum Gasteiger partial charge on any atom is -0.342 e. The highest BCUT2D eigenvalue weighted by Gasteiger charge is 2.62. The van der Waals surface area contributed by atoms with Gasteiger partial charge in [0.05, 0.1) is 16.8 Å². The highest BCUT2D eigenvalue weighted by atomic mass is 16.1. The van der Waals surface area contributed by atoms with Crippen LogP contribution in [0.4, 0.5) is 0 Å². The largest absolute Gasteiger partial charge is 0.342 e. The van der Waals surface area contributed by atoms with Gasteiger partial charge in [0.25, 0.3) is 5.91 Å². The van der Waals surface area contributed by atoms with E-state index in [9.17, 15) is 4.79 Å². The molecule has 23 heavy (non-hydrogen) atoms. The van der Waals surface area contributed by atoms with E-state index in [2.05, 4.69) is 48.5 Å². The zero-order valence-corrected chi connectivity index (χ0v) is 14.2. The number of nitrogens with one attached hydrogen (secondary N) is 1. The van der Waals surface area contributed by atoms with Crippen LogP contribution in [-0.4, -0.2) is 15.7 Å². The van der Waals surface area contributed by atoms with E-state index in [1.807, 2.05) is 20.2 Å². The Balaban J connectivity index is 1.78. The average molecular weight is 309 g/mol. The molecule has 1 aromatic heterocycles. The zero-order chi connectivity index (χ0) is 16.4. The number of fused-ring (bicyclic) bond motifs is 5. The summed E-state index contributed by atoms with van der Waals surface area (Å²) in [5.41, 5.74) is 3.92. The monoisotopic (exact) mass is 309 g/mol. The van der Waals surface area contributed by atoms with Gasteiger partial charge in [0.2, 0.25) is 0 Å². The summed E-state index contributed by atoms with van der Waals surface area (Å²) in [6.07, 6.45) is 3.95. The van der Waals surface area contributed by atoms with Gasteiger partial charge in [0.15, 0.2) is 0 Å². The topological polar surface area (TPSA) is 46.9 Å².